The summed E-state index contributed by atoms with van der Waals surface area (Å²) in [5.74, 6) is 0.283. The fraction of sp³-hybridized carbons (Fsp3) is 0.0833. The van der Waals surface area contributed by atoms with Gasteiger partial charge in [0, 0.05) is 16.1 Å². The third-order valence-electron chi connectivity index (χ3n) is 4.62. The summed E-state index contributed by atoms with van der Waals surface area (Å²) in [6.45, 7) is 1.74. The van der Waals surface area contributed by atoms with Crippen molar-refractivity contribution in [2.24, 2.45) is 0 Å². The van der Waals surface area contributed by atoms with Crippen LogP contribution in [0.2, 0.25) is 5.02 Å². The number of amides is 1. The van der Waals surface area contributed by atoms with Crippen LogP contribution >= 0.6 is 11.6 Å². The molecule has 3 aromatic carbocycles. The highest BCUT2D eigenvalue weighted by molar-refractivity contribution is 6.31. The van der Waals surface area contributed by atoms with Crippen LogP contribution in [0.1, 0.15) is 5.56 Å². The molecule has 1 heterocycles. The lowest BCUT2D eigenvalue weighted by Crippen LogP contribution is -2.20. The molecule has 150 valence electrons. The van der Waals surface area contributed by atoms with Crippen molar-refractivity contribution in [3.05, 3.63) is 93.8 Å². The SMILES string of the molecule is Cc1cc(OCC(=O)Nc2ccc(-c3cc4ccccc4oc3=O)cc2)ccc1Cl. The molecular formula is C24H18ClNO4. The number of benzene rings is 3. The van der Waals surface area contributed by atoms with Gasteiger partial charge >= 0.3 is 5.63 Å². The Morgan fingerprint density at radius 2 is 1.80 bits per heavy atom. The molecule has 0 aliphatic carbocycles. The highest BCUT2D eigenvalue weighted by Crippen LogP contribution is 2.23. The normalized spacial score (nSPS) is 10.7. The Balaban J connectivity index is 1.43. The molecule has 1 amide bonds. The maximum absolute atomic E-state index is 12.3. The molecule has 0 saturated heterocycles. The van der Waals surface area contributed by atoms with Crippen molar-refractivity contribution in [2.75, 3.05) is 11.9 Å². The molecule has 5 nitrogen and oxygen atoms in total. The number of fused-ring (bicyclic) bond motifs is 1. The molecule has 0 fully saturated rings. The summed E-state index contributed by atoms with van der Waals surface area (Å²) in [6, 6.07) is 21.4. The van der Waals surface area contributed by atoms with E-state index in [0.717, 1.165) is 10.9 Å². The van der Waals surface area contributed by atoms with Crippen LogP contribution in [0.15, 0.2) is 82.0 Å². The summed E-state index contributed by atoms with van der Waals surface area (Å²) in [4.78, 5) is 24.5. The summed E-state index contributed by atoms with van der Waals surface area (Å²) >= 11 is 5.99. The first-order chi connectivity index (χ1) is 14.5. The molecule has 0 aliphatic heterocycles. The van der Waals surface area contributed by atoms with Gasteiger partial charge in [0.05, 0.1) is 5.56 Å². The first kappa shape index (κ1) is 19.7. The number of carbonyl (C=O) groups is 1. The molecular weight excluding hydrogens is 402 g/mol. The van der Waals surface area contributed by atoms with Gasteiger partial charge in [0.1, 0.15) is 11.3 Å². The van der Waals surface area contributed by atoms with Crippen LogP contribution in [0.4, 0.5) is 5.69 Å². The maximum Gasteiger partial charge on any atom is 0.344 e. The van der Waals surface area contributed by atoms with E-state index < -0.39 is 5.63 Å². The van der Waals surface area contributed by atoms with Gasteiger partial charge in [0.25, 0.3) is 5.91 Å². The average molecular weight is 420 g/mol. The van der Waals surface area contributed by atoms with Crippen molar-refractivity contribution in [3.63, 3.8) is 0 Å². The summed E-state index contributed by atoms with van der Waals surface area (Å²) in [5, 5.41) is 4.26. The Morgan fingerprint density at radius 1 is 1.03 bits per heavy atom. The third-order valence-corrected chi connectivity index (χ3v) is 5.04. The molecule has 0 unspecified atom stereocenters. The average Bonchev–Trinajstić information content (AvgIpc) is 2.75. The van der Waals surface area contributed by atoms with Gasteiger partial charge in [0.2, 0.25) is 0 Å². The van der Waals surface area contributed by atoms with Crippen LogP contribution in [0.25, 0.3) is 22.1 Å². The third kappa shape index (κ3) is 4.36. The zero-order chi connectivity index (χ0) is 21.1. The number of hydrogen-bond acceptors (Lipinski definition) is 4. The number of anilines is 1. The molecule has 0 spiro atoms. The molecule has 0 atom stereocenters. The van der Waals surface area contributed by atoms with Crippen molar-refractivity contribution in [1.82, 2.24) is 0 Å². The van der Waals surface area contributed by atoms with Crippen molar-refractivity contribution in [3.8, 4) is 16.9 Å². The van der Waals surface area contributed by atoms with Crippen LogP contribution in [0.5, 0.6) is 5.75 Å². The van der Waals surface area contributed by atoms with E-state index >= 15 is 0 Å². The van der Waals surface area contributed by atoms with Crippen molar-refractivity contribution in [2.45, 2.75) is 6.92 Å². The molecule has 1 aromatic heterocycles. The standard InChI is InChI=1S/C24H18ClNO4/c1-15-12-19(10-11-21(15)25)29-14-23(27)26-18-8-6-16(7-9-18)20-13-17-4-2-3-5-22(17)30-24(20)28/h2-13H,14H2,1H3,(H,26,27). The number of ether oxygens (including phenoxy) is 1. The number of para-hydroxylation sites is 1. The largest absolute Gasteiger partial charge is 0.484 e. The van der Waals surface area contributed by atoms with E-state index in [-0.39, 0.29) is 12.5 Å². The zero-order valence-corrected chi connectivity index (χ0v) is 16.9. The van der Waals surface area contributed by atoms with Gasteiger partial charge in [-0.25, -0.2) is 4.79 Å². The maximum atomic E-state index is 12.3. The molecule has 0 aliphatic rings. The minimum absolute atomic E-state index is 0.128. The van der Waals surface area contributed by atoms with E-state index in [1.807, 2.05) is 25.1 Å². The van der Waals surface area contributed by atoms with Crippen LogP contribution in [0.3, 0.4) is 0 Å². The summed E-state index contributed by atoms with van der Waals surface area (Å²) in [7, 11) is 0. The first-order valence-corrected chi connectivity index (χ1v) is 9.69. The number of rotatable bonds is 5. The minimum atomic E-state index is -0.405. The number of hydrogen-bond donors (Lipinski definition) is 1. The predicted molar refractivity (Wildman–Crippen MR) is 118 cm³/mol. The Labute approximate surface area is 177 Å². The van der Waals surface area contributed by atoms with Gasteiger partial charge in [0.15, 0.2) is 6.61 Å². The topological polar surface area (TPSA) is 68.5 Å². The van der Waals surface area contributed by atoms with Gasteiger partial charge in [-0.3, -0.25) is 4.79 Å². The smallest absolute Gasteiger partial charge is 0.344 e. The van der Waals surface area contributed by atoms with Crippen molar-refractivity contribution in [1.29, 1.82) is 0 Å². The van der Waals surface area contributed by atoms with Gasteiger partial charge in [-0.15, -0.1) is 0 Å². The Morgan fingerprint density at radius 3 is 2.57 bits per heavy atom. The Kier molecular flexibility index (Phi) is 5.55. The summed E-state index contributed by atoms with van der Waals surface area (Å²) in [6.07, 6.45) is 0. The molecule has 0 radical (unpaired) electrons. The number of aryl methyl sites for hydroxylation is 1. The molecule has 0 saturated carbocycles. The second-order valence-electron chi connectivity index (χ2n) is 6.81. The Bertz CT molecular complexity index is 1280. The van der Waals surface area contributed by atoms with Gasteiger partial charge in [-0.2, -0.15) is 0 Å². The lowest BCUT2D eigenvalue weighted by molar-refractivity contribution is -0.118. The van der Waals surface area contributed by atoms with Crippen LogP contribution < -0.4 is 15.7 Å². The van der Waals surface area contributed by atoms with E-state index in [1.54, 1.807) is 54.6 Å². The van der Waals surface area contributed by atoms with Crippen molar-refractivity contribution >= 4 is 34.2 Å². The van der Waals surface area contributed by atoms with E-state index in [0.29, 0.717) is 33.2 Å². The van der Waals surface area contributed by atoms with Gasteiger partial charge in [-0.1, -0.05) is 41.9 Å². The second-order valence-corrected chi connectivity index (χ2v) is 7.22. The second kappa shape index (κ2) is 8.43. The van der Waals surface area contributed by atoms with E-state index in [2.05, 4.69) is 5.32 Å². The molecule has 4 aromatic rings. The van der Waals surface area contributed by atoms with Crippen LogP contribution in [-0.4, -0.2) is 12.5 Å². The number of carbonyl (C=O) groups excluding carboxylic acids is 1. The first-order valence-electron chi connectivity index (χ1n) is 9.32. The van der Waals surface area contributed by atoms with Gasteiger partial charge in [-0.05, 0) is 60.5 Å². The monoisotopic (exact) mass is 419 g/mol. The lowest BCUT2D eigenvalue weighted by Gasteiger charge is -2.09. The van der Waals surface area contributed by atoms with Crippen LogP contribution in [0, 0.1) is 6.92 Å². The quantitative estimate of drug-likeness (QED) is 0.437. The lowest BCUT2D eigenvalue weighted by atomic mass is 10.1. The fourth-order valence-corrected chi connectivity index (χ4v) is 3.17. The fourth-order valence-electron chi connectivity index (χ4n) is 3.05. The minimum Gasteiger partial charge on any atom is -0.484 e. The summed E-state index contributed by atoms with van der Waals surface area (Å²) in [5.41, 5.74) is 2.80. The molecule has 6 heteroatoms. The summed E-state index contributed by atoms with van der Waals surface area (Å²) < 4.78 is 10.9. The van der Waals surface area contributed by atoms with Gasteiger partial charge < -0.3 is 14.5 Å². The number of halogens is 1. The van der Waals surface area contributed by atoms with Crippen molar-refractivity contribution < 1.29 is 13.9 Å². The molecule has 30 heavy (non-hydrogen) atoms. The Hall–Kier alpha value is -3.57. The predicted octanol–water partition coefficient (Wildman–Crippen LogP) is 5.44. The van der Waals surface area contributed by atoms with E-state index in [1.165, 1.54) is 0 Å². The molecule has 4 rings (SSSR count). The highest BCUT2D eigenvalue weighted by atomic mass is 35.5. The highest BCUT2D eigenvalue weighted by Gasteiger charge is 2.09. The van der Waals surface area contributed by atoms with E-state index in [4.69, 9.17) is 20.8 Å². The molecule has 1 N–H and O–H groups in total. The van der Waals surface area contributed by atoms with E-state index in [9.17, 15) is 9.59 Å². The zero-order valence-electron chi connectivity index (χ0n) is 16.1. The number of nitrogens with one attached hydrogen (secondary N) is 1. The van der Waals surface area contributed by atoms with Crippen LogP contribution in [-0.2, 0) is 4.79 Å². The molecule has 0 bridgehead atoms.